The first kappa shape index (κ1) is 21.6. The minimum atomic E-state index is -0.990. The Morgan fingerprint density at radius 2 is 1.59 bits per heavy atom. The zero-order chi connectivity index (χ0) is 23.0. The number of hydrogen-bond acceptors (Lipinski definition) is 4. The van der Waals surface area contributed by atoms with Crippen LogP contribution in [0.4, 0.5) is 8.78 Å². The van der Waals surface area contributed by atoms with Crippen LogP contribution < -0.4 is 5.32 Å². The average Bonchev–Trinajstić information content (AvgIpc) is 3.03. The zero-order valence-electron chi connectivity index (χ0n) is 17.3. The average molecular weight is 441 g/mol. The fraction of sp³-hybridized carbons (Fsp3) is 0.304. The molecule has 0 aromatic heterocycles. The molecular formula is C23H21F2N3O4. The molecule has 9 heteroatoms. The maximum atomic E-state index is 13.9. The first-order valence-corrected chi connectivity index (χ1v) is 10.3. The number of benzene rings is 2. The number of amides is 4. The van der Waals surface area contributed by atoms with Crippen molar-refractivity contribution in [2.24, 2.45) is 0 Å². The number of piperidine rings is 1. The van der Waals surface area contributed by atoms with E-state index in [0.717, 1.165) is 17.0 Å². The summed E-state index contributed by atoms with van der Waals surface area (Å²) in [7, 11) is 0. The van der Waals surface area contributed by atoms with Crippen molar-refractivity contribution in [2.75, 3.05) is 13.1 Å². The van der Waals surface area contributed by atoms with E-state index in [1.807, 2.05) is 0 Å². The lowest BCUT2D eigenvalue weighted by Crippen LogP contribution is -2.53. The Kier molecular flexibility index (Phi) is 5.73. The van der Waals surface area contributed by atoms with Crippen molar-refractivity contribution in [2.45, 2.75) is 31.8 Å². The fourth-order valence-corrected chi connectivity index (χ4v) is 4.06. The number of carbonyl (C=O) groups is 4. The smallest absolute Gasteiger partial charge is 0.262 e. The second-order valence-corrected chi connectivity index (χ2v) is 7.90. The van der Waals surface area contributed by atoms with E-state index in [0.29, 0.717) is 18.9 Å². The van der Waals surface area contributed by atoms with Crippen molar-refractivity contribution in [1.82, 2.24) is 15.1 Å². The molecule has 4 rings (SSSR count). The van der Waals surface area contributed by atoms with E-state index in [2.05, 4.69) is 5.32 Å². The van der Waals surface area contributed by atoms with Crippen molar-refractivity contribution in [3.8, 4) is 0 Å². The van der Waals surface area contributed by atoms with E-state index in [1.165, 1.54) is 11.8 Å². The highest BCUT2D eigenvalue weighted by Gasteiger charge is 2.41. The van der Waals surface area contributed by atoms with Gasteiger partial charge in [-0.25, -0.2) is 8.78 Å². The largest absolute Gasteiger partial charge is 0.351 e. The molecule has 1 saturated heterocycles. The van der Waals surface area contributed by atoms with Crippen LogP contribution in [0.5, 0.6) is 0 Å². The number of nitrogens with zero attached hydrogens (tertiary/aromatic N) is 2. The molecule has 2 aliphatic rings. The summed E-state index contributed by atoms with van der Waals surface area (Å²) in [5.41, 5.74) is 0.349. The van der Waals surface area contributed by atoms with Crippen LogP contribution in [0.1, 0.15) is 50.8 Å². The molecule has 1 N–H and O–H groups in total. The molecule has 32 heavy (non-hydrogen) atoms. The number of nitrogens with one attached hydrogen (secondary N) is 1. The summed E-state index contributed by atoms with van der Waals surface area (Å²) in [5, 5.41) is 2.83. The topological polar surface area (TPSA) is 86.8 Å². The molecule has 2 aliphatic heterocycles. The molecule has 7 nitrogen and oxygen atoms in total. The highest BCUT2D eigenvalue weighted by atomic mass is 19.1. The van der Waals surface area contributed by atoms with E-state index >= 15 is 0 Å². The first-order valence-electron chi connectivity index (χ1n) is 10.3. The van der Waals surface area contributed by atoms with Crippen LogP contribution in [0.15, 0.2) is 42.5 Å². The van der Waals surface area contributed by atoms with Crippen LogP contribution >= 0.6 is 0 Å². The molecular weight excluding hydrogens is 420 g/mol. The van der Waals surface area contributed by atoms with Gasteiger partial charge in [-0.05, 0) is 44.0 Å². The van der Waals surface area contributed by atoms with Crippen LogP contribution in [0.2, 0.25) is 0 Å². The number of likely N-dealkylation sites (tertiary alicyclic amines) is 1. The van der Waals surface area contributed by atoms with Gasteiger partial charge in [0.15, 0.2) is 0 Å². The predicted octanol–water partition coefficient (Wildman–Crippen LogP) is 2.37. The molecule has 1 fully saturated rings. The van der Waals surface area contributed by atoms with Gasteiger partial charge in [0.2, 0.25) is 5.91 Å². The third-order valence-electron chi connectivity index (χ3n) is 5.88. The van der Waals surface area contributed by atoms with Crippen molar-refractivity contribution in [3.63, 3.8) is 0 Å². The van der Waals surface area contributed by atoms with Crippen molar-refractivity contribution < 1.29 is 28.0 Å². The fourth-order valence-electron chi connectivity index (χ4n) is 4.06. The van der Waals surface area contributed by atoms with Crippen molar-refractivity contribution in [1.29, 1.82) is 0 Å². The summed E-state index contributed by atoms with van der Waals surface area (Å²) in [6.07, 6.45) is 0.851. The number of halogens is 2. The van der Waals surface area contributed by atoms with Gasteiger partial charge in [-0.3, -0.25) is 24.1 Å². The quantitative estimate of drug-likeness (QED) is 0.739. The predicted molar refractivity (Wildman–Crippen MR) is 110 cm³/mol. The molecule has 0 saturated carbocycles. The highest BCUT2D eigenvalue weighted by Crippen LogP contribution is 2.25. The van der Waals surface area contributed by atoms with Crippen LogP contribution in [-0.4, -0.2) is 58.6 Å². The summed E-state index contributed by atoms with van der Waals surface area (Å²) in [6.45, 7) is 2.05. The van der Waals surface area contributed by atoms with E-state index < -0.39 is 41.3 Å². The third-order valence-corrected chi connectivity index (χ3v) is 5.88. The van der Waals surface area contributed by atoms with E-state index in [1.54, 1.807) is 24.3 Å². The molecule has 166 valence electrons. The molecule has 0 spiro atoms. The molecule has 1 atom stereocenters. The van der Waals surface area contributed by atoms with Gasteiger partial charge in [-0.1, -0.05) is 12.1 Å². The molecule has 0 bridgehead atoms. The summed E-state index contributed by atoms with van der Waals surface area (Å²) in [5.74, 6) is -3.68. The number of carbonyl (C=O) groups excluding carboxylic acids is 4. The Labute approximate surface area is 183 Å². The lowest BCUT2D eigenvalue weighted by Gasteiger charge is -2.33. The Morgan fingerprint density at radius 1 is 1.00 bits per heavy atom. The summed E-state index contributed by atoms with van der Waals surface area (Å²) < 4.78 is 27.0. The monoisotopic (exact) mass is 441 g/mol. The van der Waals surface area contributed by atoms with Gasteiger partial charge < -0.3 is 10.2 Å². The SMILES string of the molecule is CC(C(=O)NC1CCN(C(=O)c2ccc(F)cc2F)CC1)N1C(=O)c2ccccc2C1=O. The van der Waals surface area contributed by atoms with E-state index in [9.17, 15) is 28.0 Å². The van der Waals surface area contributed by atoms with Crippen LogP contribution in [0.3, 0.4) is 0 Å². The normalized spacial score (nSPS) is 17.3. The maximum Gasteiger partial charge on any atom is 0.262 e. The van der Waals surface area contributed by atoms with E-state index in [-0.39, 0.29) is 35.8 Å². The van der Waals surface area contributed by atoms with Crippen molar-refractivity contribution >= 4 is 23.6 Å². The van der Waals surface area contributed by atoms with E-state index in [4.69, 9.17) is 0 Å². The van der Waals surface area contributed by atoms with Gasteiger partial charge in [0.05, 0.1) is 16.7 Å². The highest BCUT2D eigenvalue weighted by molar-refractivity contribution is 6.22. The second-order valence-electron chi connectivity index (χ2n) is 7.90. The molecule has 2 aromatic carbocycles. The standard InChI is InChI=1S/C23H21F2N3O4/c1-13(28-22(31)16-4-2-3-5-17(16)23(28)32)20(29)26-15-8-10-27(11-9-15)21(30)18-7-6-14(24)12-19(18)25/h2-7,12-13,15H,8-11H2,1H3,(H,26,29). The number of fused-ring (bicyclic) bond motifs is 1. The molecule has 1 unspecified atom stereocenters. The Bertz CT molecular complexity index is 1080. The Hall–Kier alpha value is -3.62. The van der Waals surface area contributed by atoms with Gasteiger partial charge in [-0.15, -0.1) is 0 Å². The third kappa shape index (κ3) is 3.86. The zero-order valence-corrected chi connectivity index (χ0v) is 17.3. The number of rotatable bonds is 4. The summed E-state index contributed by atoms with van der Waals surface area (Å²) in [6, 6.07) is 7.98. The van der Waals surface area contributed by atoms with Gasteiger partial charge in [0, 0.05) is 25.2 Å². The summed E-state index contributed by atoms with van der Waals surface area (Å²) >= 11 is 0. The lowest BCUT2D eigenvalue weighted by molar-refractivity contribution is -0.125. The number of hydrogen-bond donors (Lipinski definition) is 1. The minimum Gasteiger partial charge on any atom is -0.351 e. The van der Waals surface area contributed by atoms with Crippen LogP contribution in [-0.2, 0) is 4.79 Å². The molecule has 2 aromatic rings. The second kappa shape index (κ2) is 8.49. The molecule has 4 amide bonds. The molecule has 0 aliphatic carbocycles. The van der Waals surface area contributed by atoms with Gasteiger partial charge >= 0.3 is 0 Å². The molecule has 2 heterocycles. The maximum absolute atomic E-state index is 13.9. The first-order chi connectivity index (χ1) is 15.3. The summed E-state index contributed by atoms with van der Waals surface area (Å²) in [4.78, 5) is 52.8. The van der Waals surface area contributed by atoms with Crippen LogP contribution in [0.25, 0.3) is 0 Å². The van der Waals surface area contributed by atoms with Gasteiger partial charge in [0.1, 0.15) is 17.7 Å². The van der Waals surface area contributed by atoms with Crippen LogP contribution in [0, 0.1) is 11.6 Å². The Balaban J connectivity index is 1.34. The number of imide groups is 1. The Morgan fingerprint density at radius 3 is 2.16 bits per heavy atom. The minimum absolute atomic E-state index is 0.201. The van der Waals surface area contributed by atoms with Gasteiger partial charge in [0.25, 0.3) is 17.7 Å². The lowest BCUT2D eigenvalue weighted by atomic mass is 10.0. The van der Waals surface area contributed by atoms with Crippen molar-refractivity contribution in [3.05, 3.63) is 70.8 Å². The molecule has 0 radical (unpaired) electrons. The van der Waals surface area contributed by atoms with Gasteiger partial charge in [-0.2, -0.15) is 0 Å².